The van der Waals surface area contributed by atoms with E-state index in [1.54, 1.807) is 0 Å². The Bertz CT molecular complexity index is 244. The smallest absolute Gasteiger partial charge is 0.0231 e. The van der Waals surface area contributed by atoms with E-state index in [4.69, 9.17) is 0 Å². The Hall–Kier alpha value is 0. The molecule has 0 radical (unpaired) electrons. The summed E-state index contributed by atoms with van der Waals surface area (Å²) in [5.41, 5.74) is 1.03. The van der Waals surface area contributed by atoms with Gasteiger partial charge in [0.15, 0.2) is 0 Å². The van der Waals surface area contributed by atoms with E-state index < -0.39 is 0 Å². The fourth-order valence-electron chi connectivity index (χ4n) is 5.94. The van der Waals surface area contributed by atoms with Gasteiger partial charge in [0.25, 0.3) is 0 Å². The molecule has 0 N–H and O–H groups in total. The zero-order valence-electron chi connectivity index (χ0n) is 14.5. The van der Waals surface area contributed by atoms with Crippen molar-refractivity contribution in [1.82, 2.24) is 0 Å². The lowest BCUT2D eigenvalue weighted by Gasteiger charge is -2.73. The molecule has 0 spiro atoms. The van der Waals surface area contributed by atoms with Crippen LogP contribution in [0.15, 0.2) is 0 Å². The Morgan fingerprint density at radius 3 is 0.889 bits per heavy atom. The van der Waals surface area contributed by atoms with Crippen molar-refractivity contribution in [3.8, 4) is 0 Å². The van der Waals surface area contributed by atoms with Crippen LogP contribution in [0.25, 0.3) is 0 Å². The van der Waals surface area contributed by atoms with Crippen LogP contribution >= 0.6 is 0 Å². The molecule has 0 aliphatic heterocycles. The monoisotopic (exact) mass is 252 g/mol. The van der Waals surface area contributed by atoms with Crippen molar-refractivity contribution in [3.05, 3.63) is 0 Å². The molecule has 0 nitrogen and oxygen atoms in total. The minimum absolute atomic E-state index is 0.515. The Kier molecular flexibility index (Phi) is 4.31. The van der Waals surface area contributed by atoms with Crippen molar-refractivity contribution in [3.63, 3.8) is 0 Å². The van der Waals surface area contributed by atoms with Gasteiger partial charge in [-0.05, 0) is 46.3 Å². The molecule has 0 amide bonds. The Labute approximate surface area is 116 Å². The highest BCUT2D eigenvalue weighted by Gasteiger charge is 2.68. The predicted octanol–water partition coefficient (Wildman–Crippen LogP) is 5.87. The van der Waals surface area contributed by atoms with Crippen LogP contribution in [-0.4, -0.2) is 0 Å². The van der Waals surface area contributed by atoms with Gasteiger partial charge in [-0.3, -0.25) is 0 Å². The van der Waals surface area contributed by atoms with Crippen LogP contribution < -0.4 is 0 Å². The Morgan fingerprint density at radius 1 is 0.556 bits per heavy atom. The van der Waals surface area contributed by atoms with Crippen LogP contribution in [0, 0.1) is 46.3 Å². The maximum Gasteiger partial charge on any atom is -0.0231 e. The SMILES string of the molecule is CC(C)C1C(C)(C(C)C)C(C(C)C)C1(C)C(C)C. The van der Waals surface area contributed by atoms with Crippen LogP contribution in [-0.2, 0) is 0 Å². The summed E-state index contributed by atoms with van der Waals surface area (Å²) in [6.45, 7) is 24.6. The number of rotatable bonds is 4. The van der Waals surface area contributed by atoms with E-state index >= 15 is 0 Å². The summed E-state index contributed by atoms with van der Waals surface area (Å²) in [6, 6.07) is 0. The second-order valence-corrected chi connectivity index (χ2v) is 8.48. The van der Waals surface area contributed by atoms with Crippen molar-refractivity contribution in [2.45, 2.75) is 69.2 Å². The van der Waals surface area contributed by atoms with Gasteiger partial charge >= 0.3 is 0 Å². The van der Waals surface area contributed by atoms with Gasteiger partial charge in [0.2, 0.25) is 0 Å². The van der Waals surface area contributed by atoms with Gasteiger partial charge in [0.1, 0.15) is 0 Å². The fourth-order valence-corrected chi connectivity index (χ4v) is 5.94. The molecule has 0 aromatic heterocycles. The highest BCUT2D eigenvalue weighted by atomic mass is 14.7. The van der Waals surface area contributed by atoms with E-state index in [-0.39, 0.29) is 0 Å². The van der Waals surface area contributed by atoms with Crippen LogP contribution in [0.4, 0.5) is 0 Å². The van der Waals surface area contributed by atoms with Crippen LogP contribution in [0.2, 0.25) is 0 Å². The summed E-state index contributed by atoms with van der Waals surface area (Å²) in [5, 5.41) is 0. The van der Waals surface area contributed by atoms with Gasteiger partial charge in [0, 0.05) is 0 Å². The highest BCUT2D eigenvalue weighted by Crippen LogP contribution is 2.73. The molecular weight excluding hydrogens is 216 g/mol. The zero-order valence-corrected chi connectivity index (χ0v) is 14.5. The van der Waals surface area contributed by atoms with Crippen LogP contribution in [0.5, 0.6) is 0 Å². The third-order valence-corrected chi connectivity index (χ3v) is 6.50. The van der Waals surface area contributed by atoms with Crippen molar-refractivity contribution in [2.24, 2.45) is 46.3 Å². The van der Waals surface area contributed by atoms with E-state index in [0.717, 1.165) is 35.5 Å². The molecule has 1 saturated carbocycles. The molecule has 1 aliphatic carbocycles. The highest BCUT2D eigenvalue weighted by molar-refractivity contribution is 5.15. The van der Waals surface area contributed by atoms with Gasteiger partial charge in [-0.1, -0.05) is 69.2 Å². The zero-order chi connectivity index (χ0) is 14.5. The molecule has 0 heterocycles. The van der Waals surface area contributed by atoms with Gasteiger partial charge in [-0.15, -0.1) is 0 Å². The molecule has 18 heavy (non-hydrogen) atoms. The van der Waals surface area contributed by atoms with Crippen molar-refractivity contribution < 1.29 is 0 Å². The third kappa shape index (κ3) is 1.86. The first-order valence-electron chi connectivity index (χ1n) is 8.02. The lowest BCUT2D eigenvalue weighted by molar-refractivity contribution is -0.261. The van der Waals surface area contributed by atoms with E-state index in [1.807, 2.05) is 0 Å². The predicted molar refractivity (Wildman–Crippen MR) is 82.5 cm³/mol. The first-order valence-corrected chi connectivity index (χ1v) is 8.02. The van der Waals surface area contributed by atoms with E-state index in [0.29, 0.717) is 10.8 Å². The van der Waals surface area contributed by atoms with Crippen molar-refractivity contribution in [1.29, 1.82) is 0 Å². The quantitative estimate of drug-likeness (QED) is 0.587. The molecule has 0 heteroatoms. The normalized spacial score (nSPS) is 41.0. The van der Waals surface area contributed by atoms with Gasteiger partial charge in [-0.25, -0.2) is 0 Å². The summed E-state index contributed by atoms with van der Waals surface area (Å²) in [4.78, 5) is 0. The van der Waals surface area contributed by atoms with Gasteiger partial charge in [-0.2, -0.15) is 0 Å². The van der Waals surface area contributed by atoms with E-state index in [1.165, 1.54) is 0 Å². The van der Waals surface area contributed by atoms with Crippen molar-refractivity contribution >= 4 is 0 Å². The van der Waals surface area contributed by atoms with Crippen LogP contribution in [0.1, 0.15) is 69.2 Å². The third-order valence-electron chi connectivity index (χ3n) is 6.50. The minimum atomic E-state index is 0.515. The lowest BCUT2D eigenvalue weighted by Crippen LogP contribution is -2.69. The topological polar surface area (TPSA) is 0 Å². The molecule has 0 atom stereocenters. The Balaban J connectivity index is 3.28. The van der Waals surface area contributed by atoms with Gasteiger partial charge < -0.3 is 0 Å². The second kappa shape index (κ2) is 4.84. The molecule has 1 aliphatic rings. The molecule has 108 valence electrons. The second-order valence-electron chi connectivity index (χ2n) is 8.48. The summed E-state index contributed by atoms with van der Waals surface area (Å²) in [5.74, 6) is 4.86. The maximum absolute atomic E-state index is 2.57. The Morgan fingerprint density at radius 2 is 0.778 bits per heavy atom. The fraction of sp³-hybridized carbons (Fsp3) is 1.00. The molecule has 1 rings (SSSR count). The first kappa shape index (κ1) is 16.1. The maximum atomic E-state index is 2.57. The van der Waals surface area contributed by atoms with Gasteiger partial charge in [0.05, 0.1) is 0 Å². The summed E-state index contributed by atoms with van der Waals surface area (Å²) < 4.78 is 0. The average Bonchev–Trinajstić information content (AvgIpc) is 2.13. The largest absolute Gasteiger partial charge is 0.0625 e. The van der Waals surface area contributed by atoms with Crippen LogP contribution in [0.3, 0.4) is 0 Å². The molecular formula is C18H36. The summed E-state index contributed by atoms with van der Waals surface area (Å²) in [6.07, 6.45) is 0. The lowest BCUT2D eigenvalue weighted by atomic mass is 9.31. The molecule has 0 saturated heterocycles. The standard InChI is InChI=1S/C18H36/c1-11(2)15-17(9,13(5)6)16(12(3)4)18(15,10)14(7)8/h11-16H,1-10H3. The molecule has 0 aromatic rings. The first-order chi connectivity index (χ1) is 8.02. The van der Waals surface area contributed by atoms with E-state index in [9.17, 15) is 0 Å². The summed E-state index contributed by atoms with van der Waals surface area (Å²) in [7, 11) is 0. The average molecular weight is 252 g/mol. The molecule has 0 bridgehead atoms. The molecule has 0 aromatic carbocycles. The molecule has 1 fully saturated rings. The van der Waals surface area contributed by atoms with E-state index in [2.05, 4.69) is 69.2 Å². The minimum Gasteiger partial charge on any atom is -0.0625 e. The summed E-state index contributed by atoms with van der Waals surface area (Å²) >= 11 is 0. The number of hydrogen-bond donors (Lipinski definition) is 0. The molecule has 0 unspecified atom stereocenters. The number of hydrogen-bond acceptors (Lipinski definition) is 0. The van der Waals surface area contributed by atoms with Crippen molar-refractivity contribution in [2.75, 3.05) is 0 Å².